The van der Waals surface area contributed by atoms with E-state index in [9.17, 15) is 4.79 Å². The maximum Gasteiger partial charge on any atom is 0.309 e. The van der Waals surface area contributed by atoms with Crippen LogP contribution in [0.3, 0.4) is 0 Å². The summed E-state index contributed by atoms with van der Waals surface area (Å²) >= 11 is 5.22. The molecule has 1 heterocycles. The first kappa shape index (κ1) is 14.9. The topological polar surface area (TPSA) is 63.2 Å². The van der Waals surface area contributed by atoms with Crippen molar-refractivity contribution < 1.29 is 9.53 Å². The van der Waals surface area contributed by atoms with Gasteiger partial charge in [-0.05, 0) is 42.0 Å². The first-order valence-electron chi connectivity index (χ1n) is 6.31. The molecule has 2 rings (SSSR count). The average molecular weight is 301 g/mol. The molecule has 6 heteroatoms. The smallest absolute Gasteiger partial charge is 0.309 e. The van der Waals surface area contributed by atoms with Crippen molar-refractivity contribution in [1.29, 1.82) is 0 Å². The molecule has 0 unspecified atom stereocenters. The van der Waals surface area contributed by atoms with E-state index in [1.54, 1.807) is 12.4 Å². The summed E-state index contributed by atoms with van der Waals surface area (Å²) in [6.07, 6.45) is 3.64. The first-order chi connectivity index (χ1) is 10.2. The van der Waals surface area contributed by atoms with Gasteiger partial charge in [-0.15, -0.1) is 0 Å². The summed E-state index contributed by atoms with van der Waals surface area (Å²) in [6, 6.07) is 11.1. The summed E-state index contributed by atoms with van der Waals surface area (Å²) in [5.74, 6) is -0.260. The largest absolute Gasteiger partial charge is 0.469 e. The van der Waals surface area contributed by atoms with Crippen molar-refractivity contribution in [1.82, 2.24) is 4.98 Å². The van der Waals surface area contributed by atoms with Crippen LogP contribution in [-0.2, 0) is 16.0 Å². The zero-order valence-electron chi connectivity index (χ0n) is 11.5. The van der Waals surface area contributed by atoms with E-state index in [-0.39, 0.29) is 12.4 Å². The molecule has 1 aromatic carbocycles. The third-order valence-electron chi connectivity index (χ3n) is 2.71. The van der Waals surface area contributed by atoms with Crippen LogP contribution < -0.4 is 10.6 Å². The summed E-state index contributed by atoms with van der Waals surface area (Å²) in [5.41, 5.74) is 2.54. The van der Waals surface area contributed by atoms with Gasteiger partial charge < -0.3 is 15.4 Å². The highest BCUT2D eigenvalue weighted by Gasteiger charge is 2.03. The Morgan fingerprint density at radius 2 is 1.90 bits per heavy atom. The number of hydrogen-bond donors (Lipinski definition) is 2. The van der Waals surface area contributed by atoms with Gasteiger partial charge in [0.15, 0.2) is 5.11 Å². The number of methoxy groups -OCH3 is 1. The number of anilines is 2. The normalized spacial score (nSPS) is 9.76. The van der Waals surface area contributed by atoms with E-state index in [1.165, 1.54) is 7.11 Å². The van der Waals surface area contributed by atoms with E-state index in [0.29, 0.717) is 5.11 Å². The summed E-state index contributed by atoms with van der Waals surface area (Å²) in [7, 11) is 1.38. The lowest BCUT2D eigenvalue weighted by atomic mass is 10.1. The Morgan fingerprint density at radius 1 is 1.19 bits per heavy atom. The Kier molecular flexibility index (Phi) is 5.22. The fourth-order valence-electron chi connectivity index (χ4n) is 1.67. The standard InChI is InChI=1S/C15H15N3O2S/c1-20-14(19)9-11-4-6-12(7-5-11)17-15(21)18-13-3-2-8-16-10-13/h2-8,10H,9H2,1H3,(H2,17,18,21). The Balaban J connectivity index is 1.91. The van der Waals surface area contributed by atoms with Gasteiger partial charge in [-0.2, -0.15) is 0 Å². The Morgan fingerprint density at radius 3 is 2.52 bits per heavy atom. The number of carbonyl (C=O) groups is 1. The van der Waals surface area contributed by atoms with E-state index < -0.39 is 0 Å². The number of aromatic nitrogens is 1. The molecule has 1 aromatic heterocycles. The molecule has 0 aliphatic rings. The molecule has 0 aliphatic carbocycles. The van der Waals surface area contributed by atoms with Gasteiger partial charge in [0.1, 0.15) is 0 Å². The second-order valence-corrected chi connectivity index (χ2v) is 4.68. The number of nitrogens with zero attached hydrogens (tertiary/aromatic N) is 1. The van der Waals surface area contributed by atoms with Crippen LogP contribution in [0.5, 0.6) is 0 Å². The van der Waals surface area contributed by atoms with E-state index >= 15 is 0 Å². The van der Waals surface area contributed by atoms with Crippen LogP contribution in [0.1, 0.15) is 5.56 Å². The number of ether oxygens (including phenoxy) is 1. The van der Waals surface area contributed by atoms with Gasteiger partial charge >= 0.3 is 5.97 Å². The lowest BCUT2D eigenvalue weighted by molar-refractivity contribution is -0.139. The predicted octanol–water partition coefficient (Wildman–Crippen LogP) is 2.61. The van der Waals surface area contributed by atoms with E-state index in [2.05, 4.69) is 20.4 Å². The highest BCUT2D eigenvalue weighted by Crippen LogP contribution is 2.11. The van der Waals surface area contributed by atoms with Crippen molar-refractivity contribution in [2.24, 2.45) is 0 Å². The molecular weight excluding hydrogens is 286 g/mol. The molecule has 21 heavy (non-hydrogen) atoms. The summed E-state index contributed by atoms with van der Waals surface area (Å²) in [6.45, 7) is 0. The van der Waals surface area contributed by atoms with Crippen molar-refractivity contribution in [3.05, 3.63) is 54.4 Å². The monoisotopic (exact) mass is 301 g/mol. The Labute approximate surface area is 128 Å². The van der Waals surface area contributed by atoms with Crippen molar-refractivity contribution in [3.63, 3.8) is 0 Å². The molecule has 0 radical (unpaired) electrons. The molecule has 0 saturated carbocycles. The third-order valence-corrected chi connectivity index (χ3v) is 2.91. The fourth-order valence-corrected chi connectivity index (χ4v) is 1.91. The van der Waals surface area contributed by atoms with Crippen molar-refractivity contribution in [3.8, 4) is 0 Å². The van der Waals surface area contributed by atoms with Crippen molar-refractivity contribution in [2.45, 2.75) is 6.42 Å². The number of pyridine rings is 1. The summed E-state index contributed by atoms with van der Waals surface area (Å²) < 4.78 is 4.62. The quantitative estimate of drug-likeness (QED) is 0.668. The number of nitrogens with one attached hydrogen (secondary N) is 2. The van der Waals surface area contributed by atoms with Crippen LogP contribution in [0.2, 0.25) is 0 Å². The maximum absolute atomic E-state index is 11.2. The number of thiocarbonyl (C=S) groups is 1. The number of esters is 1. The van der Waals surface area contributed by atoms with Gasteiger partial charge in [-0.3, -0.25) is 9.78 Å². The highest BCUT2D eigenvalue weighted by molar-refractivity contribution is 7.80. The summed E-state index contributed by atoms with van der Waals surface area (Å²) in [5, 5.41) is 6.57. The molecular formula is C15H15N3O2S. The minimum Gasteiger partial charge on any atom is -0.469 e. The molecule has 0 fully saturated rings. The Hall–Kier alpha value is -2.47. The van der Waals surface area contributed by atoms with Crippen molar-refractivity contribution >= 4 is 34.7 Å². The summed E-state index contributed by atoms with van der Waals surface area (Å²) in [4.78, 5) is 15.2. The van der Waals surface area contributed by atoms with Gasteiger partial charge in [-0.1, -0.05) is 12.1 Å². The molecule has 0 bridgehead atoms. The van der Waals surface area contributed by atoms with E-state index in [0.717, 1.165) is 16.9 Å². The van der Waals surface area contributed by atoms with Gasteiger partial charge in [-0.25, -0.2) is 0 Å². The fraction of sp³-hybridized carbons (Fsp3) is 0.133. The van der Waals surface area contributed by atoms with Crippen LogP contribution in [0.15, 0.2) is 48.8 Å². The van der Waals surface area contributed by atoms with Crippen LogP contribution >= 0.6 is 12.2 Å². The molecule has 0 spiro atoms. The molecule has 0 amide bonds. The Bertz CT molecular complexity index is 615. The predicted molar refractivity (Wildman–Crippen MR) is 86.2 cm³/mol. The molecule has 0 aliphatic heterocycles. The van der Waals surface area contributed by atoms with Crippen LogP contribution in [0.4, 0.5) is 11.4 Å². The van der Waals surface area contributed by atoms with E-state index in [4.69, 9.17) is 12.2 Å². The molecule has 2 N–H and O–H groups in total. The minimum absolute atomic E-state index is 0.259. The minimum atomic E-state index is -0.260. The molecule has 2 aromatic rings. The van der Waals surface area contributed by atoms with Gasteiger partial charge in [0.2, 0.25) is 0 Å². The van der Waals surface area contributed by atoms with Crippen LogP contribution in [0, 0.1) is 0 Å². The highest BCUT2D eigenvalue weighted by atomic mass is 32.1. The number of carbonyl (C=O) groups excluding carboxylic acids is 1. The van der Waals surface area contributed by atoms with Gasteiger partial charge in [0.25, 0.3) is 0 Å². The van der Waals surface area contributed by atoms with Gasteiger partial charge in [0, 0.05) is 11.9 Å². The average Bonchev–Trinajstić information content (AvgIpc) is 2.50. The number of hydrogen-bond acceptors (Lipinski definition) is 4. The van der Waals surface area contributed by atoms with Crippen molar-refractivity contribution in [2.75, 3.05) is 17.7 Å². The van der Waals surface area contributed by atoms with Crippen LogP contribution in [0.25, 0.3) is 0 Å². The third kappa shape index (κ3) is 4.85. The maximum atomic E-state index is 11.2. The van der Waals surface area contributed by atoms with Crippen LogP contribution in [-0.4, -0.2) is 23.2 Å². The molecule has 108 valence electrons. The molecule has 5 nitrogen and oxygen atoms in total. The van der Waals surface area contributed by atoms with E-state index in [1.807, 2.05) is 36.4 Å². The number of benzene rings is 1. The van der Waals surface area contributed by atoms with Gasteiger partial charge in [0.05, 0.1) is 25.4 Å². The first-order valence-corrected chi connectivity index (χ1v) is 6.72. The molecule has 0 atom stereocenters. The second kappa shape index (κ2) is 7.35. The SMILES string of the molecule is COC(=O)Cc1ccc(NC(=S)Nc2cccnc2)cc1. The zero-order valence-corrected chi connectivity index (χ0v) is 12.3. The second-order valence-electron chi connectivity index (χ2n) is 4.27. The lowest BCUT2D eigenvalue weighted by Gasteiger charge is -2.10. The number of rotatable bonds is 4. The molecule has 0 saturated heterocycles. The zero-order chi connectivity index (χ0) is 15.1. The lowest BCUT2D eigenvalue weighted by Crippen LogP contribution is -2.19.